The van der Waals surface area contributed by atoms with Crippen LogP contribution < -0.4 is 5.32 Å². The Balaban J connectivity index is 1.89. The molecule has 1 saturated heterocycles. The number of rotatable bonds is 3. The van der Waals surface area contributed by atoms with Crippen LogP contribution in [-0.2, 0) is 16.4 Å². The maximum atomic E-state index is 12.4. The highest BCUT2D eigenvalue weighted by atomic mass is 32.2. The van der Waals surface area contributed by atoms with Gasteiger partial charge in [0.05, 0.1) is 11.5 Å². The summed E-state index contributed by atoms with van der Waals surface area (Å²) in [5.41, 5.74) is 4.10. The average Bonchev–Trinajstić information content (AvgIpc) is 2.96. The first-order chi connectivity index (χ1) is 10.8. The van der Waals surface area contributed by atoms with Gasteiger partial charge < -0.3 is 9.88 Å². The Hall–Kier alpha value is -1.82. The fourth-order valence-corrected chi connectivity index (χ4v) is 5.05. The van der Waals surface area contributed by atoms with Gasteiger partial charge in [-0.15, -0.1) is 0 Å². The number of aryl methyl sites for hydroxylation is 2. The molecule has 3 rings (SSSR count). The molecule has 5 nitrogen and oxygen atoms in total. The minimum Gasteiger partial charge on any atom is -0.348 e. The fourth-order valence-electron chi connectivity index (χ4n) is 3.38. The standard InChI is InChI=1S/C17H22N2O3S/c1-4-19-12(3)11(2)15-9-13(5-6-16(15)19)17(20)18-14-7-8-23(21,22)10-14/h5-6,9,14H,4,7-8,10H2,1-3H3,(H,18,20)/t14-/m0/s1. The molecule has 1 aliphatic rings. The number of nitrogens with zero attached hydrogens (tertiary/aromatic N) is 1. The van der Waals surface area contributed by atoms with Crippen LogP contribution in [-0.4, -0.2) is 36.4 Å². The largest absolute Gasteiger partial charge is 0.348 e. The smallest absolute Gasteiger partial charge is 0.251 e. The van der Waals surface area contributed by atoms with Gasteiger partial charge in [-0.1, -0.05) is 0 Å². The molecular weight excluding hydrogens is 312 g/mol. The van der Waals surface area contributed by atoms with Crippen molar-refractivity contribution in [3.05, 3.63) is 35.0 Å². The number of hydrogen-bond donors (Lipinski definition) is 1. The van der Waals surface area contributed by atoms with E-state index in [9.17, 15) is 13.2 Å². The first-order valence-corrected chi connectivity index (χ1v) is 9.75. The molecule has 1 aromatic heterocycles. The molecule has 0 radical (unpaired) electrons. The molecule has 2 heterocycles. The van der Waals surface area contributed by atoms with E-state index in [1.54, 1.807) is 0 Å². The second-order valence-electron chi connectivity index (χ2n) is 6.26. The van der Waals surface area contributed by atoms with E-state index >= 15 is 0 Å². The summed E-state index contributed by atoms with van der Waals surface area (Å²) in [5, 5.41) is 3.93. The molecule has 124 valence electrons. The summed E-state index contributed by atoms with van der Waals surface area (Å²) in [4.78, 5) is 12.4. The zero-order valence-electron chi connectivity index (χ0n) is 13.7. The maximum absolute atomic E-state index is 12.4. The monoisotopic (exact) mass is 334 g/mol. The SMILES string of the molecule is CCn1c(C)c(C)c2cc(C(=O)N[C@H]3CCS(=O)(=O)C3)ccc21. The van der Waals surface area contributed by atoms with Crippen molar-refractivity contribution in [2.75, 3.05) is 11.5 Å². The molecule has 2 aromatic rings. The molecule has 0 unspecified atom stereocenters. The molecular formula is C17H22N2O3S. The van der Waals surface area contributed by atoms with Gasteiger partial charge in [-0.3, -0.25) is 4.79 Å². The van der Waals surface area contributed by atoms with E-state index in [1.807, 2.05) is 18.2 Å². The summed E-state index contributed by atoms with van der Waals surface area (Å²) < 4.78 is 25.2. The van der Waals surface area contributed by atoms with Crippen molar-refractivity contribution in [3.63, 3.8) is 0 Å². The van der Waals surface area contributed by atoms with Gasteiger partial charge in [-0.25, -0.2) is 8.42 Å². The molecule has 6 heteroatoms. The molecule has 1 fully saturated rings. The van der Waals surface area contributed by atoms with E-state index in [0.29, 0.717) is 12.0 Å². The Morgan fingerprint density at radius 2 is 2.09 bits per heavy atom. The highest BCUT2D eigenvalue weighted by Crippen LogP contribution is 2.26. The molecule has 0 bridgehead atoms. The van der Waals surface area contributed by atoms with E-state index in [1.165, 1.54) is 11.3 Å². The molecule has 1 N–H and O–H groups in total. The minimum atomic E-state index is -2.99. The van der Waals surface area contributed by atoms with Gasteiger partial charge in [-0.2, -0.15) is 0 Å². The normalized spacial score (nSPS) is 20.0. The average molecular weight is 334 g/mol. The second-order valence-corrected chi connectivity index (χ2v) is 8.49. The van der Waals surface area contributed by atoms with Crippen LogP contribution in [0.2, 0.25) is 0 Å². The van der Waals surface area contributed by atoms with Crippen molar-refractivity contribution in [1.29, 1.82) is 0 Å². The number of amides is 1. The number of nitrogens with one attached hydrogen (secondary N) is 1. The third kappa shape index (κ3) is 2.87. The van der Waals surface area contributed by atoms with E-state index in [0.717, 1.165) is 17.4 Å². The fraction of sp³-hybridized carbons (Fsp3) is 0.471. The maximum Gasteiger partial charge on any atom is 0.251 e. The summed E-state index contributed by atoms with van der Waals surface area (Å²) in [7, 11) is -2.99. The van der Waals surface area contributed by atoms with Gasteiger partial charge in [-0.05, 0) is 51.0 Å². The topological polar surface area (TPSA) is 68.2 Å². The zero-order chi connectivity index (χ0) is 16.8. The third-order valence-corrected chi connectivity index (χ3v) is 6.55. The first-order valence-electron chi connectivity index (χ1n) is 7.93. The van der Waals surface area contributed by atoms with Gasteiger partial charge in [0.15, 0.2) is 9.84 Å². The highest BCUT2D eigenvalue weighted by molar-refractivity contribution is 7.91. The minimum absolute atomic E-state index is 0.0470. The van der Waals surface area contributed by atoms with E-state index in [2.05, 4.69) is 30.7 Å². The Morgan fingerprint density at radius 1 is 1.35 bits per heavy atom. The highest BCUT2D eigenvalue weighted by Gasteiger charge is 2.29. The number of hydrogen-bond acceptors (Lipinski definition) is 3. The number of benzene rings is 1. The summed E-state index contributed by atoms with van der Waals surface area (Å²) in [6, 6.07) is 5.42. The molecule has 0 spiro atoms. The van der Waals surface area contributed by atoms with Gasteiger partial charge in [0, 0.05) is 34.7 Å². The Labute approximate surface area is 136 Å². The van der Waals surface area contributed by atoms with Crippen LogP contribution in [0.15, 0.2) is 18.2 Å². The summed E-state index contributed by atoms with van der Waals surface area (Å²) in [6.45, 7) is 7.14. The van der Waals surface area contributed by atoms with Gasteiger partial charge in [0.1, 0.15) is 0 Å². The lowest BCUT2D eigenvalue weighted by molar-refractivity contribution is 0.0941. The molecule has 0 aliphatic carbocycles. The van der Waals surface area contributed by atoms with Crippen molar-refractivity contribution in [1.82, 2.24) is 9.88 Å². The van der Waals surface area contributed by atoms with Crippen LogP contribution in [0.1, 0.15) is 35.0 Å². The van der Waals surface area contributed by atoms with Crippen LogP contribution in [0, 0.1) is 13.8 Å². The van der Waals surface area contributed by atoms with Crippen molar-refractivity contribution in [2.24, 2.45) is 0 Å². The van der Waals surface area contributed by atoms with Crippen molar-refractivity contribution in [2.45, 2.75) is 39.8 Å². The van der Waals surface area contributed by atoms with Crippen LogP contribution in [0.5, 0.6) is 0 Å². The Bertz CT molecular complexity index is 881. The quantitative estimate of drug-likeness (QED) is 0.935. The van der Waals surface area contributed by atoms with E-state index in [-0.39, 0.29) is 23.5 Å². The van der Waals surface area contributed by atoms with Crippen LogP contribution in [0.4, 0.5) is 0 Å². The molecule has 0 saturated carbocycles. The third-order valence-electron chi connectivity index (χ3n) is 4.79. The molecule has 1 atom stereocenters. The van der Waals surface area contributed by atoms with Crippen molar-refractivity contribution in [3.8, 4) is 0 Å². The van der Waals surface area contributed by atoms with Crippen LogP contribution >= 0.6 is 0 Å². The number of carbonyl (C=O) groups excluding carboxylic acids is 1. The Morgan fingerprint density at radius 3 is 2.70 bits per heavy atom. The lowest BCUT2D eigenvalue weighted by atomic mass is 10.1. The second kappa shape index (κ2) is 5.67. The lowest BCUT2D eigenvalue weighted by Gasteiger charge is -2.11. The number of aromatic nitrogens is 1. The number of sulfone groups is 1. The molecule has 1 aliphatic heterocycles. The molecule has 23 heavy (non-hydrogen) atoms. The van der Waals surface area contributed by atoms with Crippen LogP contribution in [0.25, 0.3) is 10.9 Å². The first kappa shape index (κ1) is 16.1. The van der Waals surface area contributed by atoms with Crippen LogP contribution in [0.3, 0.4) is 0 Å². The van der Waals surface area contributed by atoms with Gasteiger partial charge in [0.2, 0.25) is 0 Å². The number of carbonyl (C=O) groups is 1. The predicted molar refractivity (Wildman–Crippen MR) is 91.6 cm³/mol. The summed E-state index contributed by atoms with van der Waals surface area (Å²) in [6.07, 6.45) is 0.501. The Kier molecular flexibility index (Phi) is 3.96. The lowest BCUT2D eigenvalue weighted by Crippen LogP contribution is -2.35. The van der Waals surface area contributed by atoms with E-state index < -0.39 is 9.84 Å². The van der Waals surface area contributed by atoms with Crippen molar-refractivity contribution < 1.29 is 13.2 Å². The van der Waals surface area contributed by atoms with E-state index in [4.69, 9.17) is 0 Å². The summed E-state index contributed by atoms with van der Waals surface area (Å²) >= 11 is 0. The molecule has 1 amide bonds. The summed E-state index contributed by atoms with van der Waals surface area (Å²) in [5.74, 6) is 0.00951. The zero-order valence-corrected chi connectivity index (χ0v) is 14.5. The molecule has 1 aromatic carbocycles. The predicted octanol–water partition coefficient (Wildman–Crippen LogP) is 2.19. The van der Waals surface area contributed by atoms with Gasteiger partial charge >= 0.3 is 0 Å². The van der Waals surface area contributed by atoms with Gasteiger partial charge in [0.25, 0.3) is 5.91 Å². The van der Waals surface area contributed by atoms with Crippen molar-refractivity contribution >= 4 is 26.6 Å². The number of fused-ring (bicyclic) bond motifs is 1.